The highest BCUT2D eigenvalue weighted by Crippen LogP contribution is 2.33. The molecule has 0 aliphatic rings. The predicted octanol–water partition coefficient (Wildman–Crippen LogP) is 1.78. The summed E-state index contributed by atoms with van der Waals surface area (Å²) in [6.45, 7) is 0. The first-order valence-electron chi connectivity index (χ1n) is 4.85. The molecule has 0 aliphatic heterocycles. The second kappa shape index (κ2) is 3.94. The number of halogens is 3. The number of hydrogen-bond donors (Lipinski definition) is 1. The predicted molar refractivity (Wildman–Crippen MR) is 57.4 cm³/mol. The molecular weight excluding hydrogens is 251 g/mol. The Morgan fingerprint density at radius 2 is 1.94 bits per heavy atom. The molecule has 18 heavy (non-hydrogen) atoms. The minimum Gasteiger partial charge on any atom is -0.507 e. The molecular formula is C11H8F3NO3. The number of nitrogens with zero attached hydrogens (tertiary/aromatic N) is 1. The van der Waals surface area contributed by atoms with Gasteiger partial charge in [-0.15, -0.1) is 4.73 Å². The van der Waals surface area contributed by atoms with Gasteiger partial charge >= 0.3 is 6.18 Å². The number of aromatic hydroxyl groups is 1. The Kier molecular flexibility index (Phi) is 2.68. The van der Waals surface area contributed by atoms with Crippen LogP contribution >= 0.6 is 0 Å². The highest BCUT2D eigenvalue weighted by molar-refractivity contribution is 5.85. The number of rotatable bonds is 1. The summed E-state index contributed by atoms with van der Waals surface area (Å²) in [5.41, 5.74) is -1.51. The Hall–Kier alpha value is -2.18. The van der Waals surface area contributed by atoms with E-state index in [1.807, 2.05) is 0 Å². The van der Waals surface area contributed by atoms with Crippen LogP contribution in [0.4, 0.5) is 13.2 Å². The molecule has 0 aliphatic carbocycles. The van der Waals surface area contributed by atoms with Crippen LogP contribution in [-0.2, 0) is 6.18 Å². The lowest BCUT2D eigenvalue weighted by Gasteiger charge is -2.11. The summed E-state index contributed by atoms with van der Waals surface area (Å²) in [7, 11) is 1.20. The molecule has 0 saturated carbocycles. The zero-order valence-electron chi connectivity index (χ0n) is 9.15. The molecule has 0 radical (unpaired) electrons. The lowest BCUT2D eigenvalue weighted by molar-refractivity contribution is -0.137. The summed E-state index contributed by atoms with van der Waals surface area (Å²) in [4.78, 5) is 16.2. The van der Waals surface area contributed by atoms with Crippen molar-refractivity contribution in [1.82, 2.24) is 4.73 Å². The van der Waals surface area contributed by atoms with Crippen molar-refractivity contribution < 1.29 is 23.1 Å². The van der Waals surface area contributed by atoms with Crippen LogP contribution in [-0.4, -0.2) is 16.9 Å². The van der Waals surface area contributed by atoms with Crippen molar-refractivity contribution in [2.45, 2.75) is 6.18 Å². The van der Waals surface area contributed by atoms with Gasteiger partial charge in [-0.25, -0.2) is 0 Å². The lowest BCUT2D eigenvalue weighted by Crippen LogP contribution is -2.24. The van der Waals surface area contributed by atoms with E-state index in [4.69, 9.17) is 4.84 Å². The zero-order valence-corrected chi connectivity index (χ0v) is 9.15. The van der Waals surface area contributed by atoms with Crippen LogP contribution < -0.4 is 10.4 Å². The molecule has 0 bridgehead atoms. The molecule has 0 atom stereocenters. The molecule has 1 N–H and O–H groups in total. The van der Waals surface area contributed by atoms with Crippen molar-refractivity contribution in [2.24, 2.45) is 0 Å². The van der Waals surface area contributed by atoms with Crippen molar-refractivity contribution in [3.05, 3.63) is 40.2 Å². The molecule has 0 amide bonds. The Labute approximate surface area is 98.8 Å². The van der Waals surface area contributed by atoms with Gasteiger partial charge in [-0.2, -0.15) is 13.2 Å². The monoisotopic (exact) mass is 259 g/mol. The average molecular weight is 259 g/mol. The van der Waals surface area contributed by atoms with Crippen LogP contribution in [0.15, 0.2) is 29.1 Å². The van der Waals surface area contributed by atoms with Crippen LogP contribution in [0.2, 0.25) is 0 Å². The molecule has 0 spiro atoms. The maximum Gasteiger partial charge on any atom is 0.416 e. The second-order valence-corrected chi connectivity index (χ2v) is 3.57. The Bertz CT molecular complexity index is 661. The van der Waals surface area contributed by atoms with Gasteiger partial charge in [0.15, 0.2) is 0 Å². The maximum atomic E-state index is 12.5. The largest absolute Gasteiger partial charge is 0.507 e. The summed E-state index contributed by atoms with van der Waals surface area (Å²) >= 11 is 0. The fourth-order valence-corrected chi connectivity index (χ4v) is 1.65. The molecule has 0 unspecified atom stereocenters. The second-order valence-electron chi connectivity index (χ2n) is 3.57. The molecule has 1 heterocycles. The minimum absolute atomic E-state index is 0.0653. The van der Waals surface area contributed by atoms with E-state index < -0.39 is 23.0 Å². The van der Waals surface area contributed by atoms with Gasteiger partial charge in [0.2, 0.25) is 0 Å². The zero-order chi connectivity index (χ0) is 13.5. The van der Waals surface area contributed by atoms with E-state index in [0.29, 0.717) is 0 Å². The first-order chi connectivity index (χ1) is 8.34. The van der Waals surface area contributed by atoms with E-state index in [1.54, 1.807) is 0 Å². The number of aromatic nitrogens is 1. The lowest BCUT2D eigenvalue weighted by atomic mass is 10.1. The van der Waals surface area contributed by atoms with E-state index in [9.17, 15) is 23.1 Å². The maximum absolute atomic E-state index is 12.5. The van der Waals surface area contributed by atoms with E-state index in [-0.39, 0.29) is 10.9 Å². The summed E-state index contributed by atoms with van der Waals surface area (Å²) in [6, 6.07) is 3.45. The third kappa shape index (κ3) is 1.87. The van der Waals surface area contributed by atoms with Crippen molar-refractivity contribution >= 4 is 10.9 Å². The molecule has 1 aromatic heterocycles. The summed E-state index contributed by atoms with van der Waals surface area (Å²) in [5.74, 6) is -0.519. The Morgan fingerprint density at radius 3 is 2.50 bits per heavy atom. The van der Waals surface area contributed by atoms with Crippen LogP contribution in [0.5, 0.6) is 5.75 Å². The van der Waals surface area contributed by atoms with Crippen molar-refractivity contribution in [3.63, 3.8) is 0 Å². The topological polar surface area (TPSA) is 51.5 Å². The van der Waals surface area contributed by atoms with E-state index in [2.05, 4.69) is 0 Å². The summed E-state index contributed by atoms with van der Waals surface area (Å²) < 4.78 is 38.4. The fourth-order valence-electron chi connectivity index (χ4n) is 1.65. The highest BCUT2D eigenvalue weighted by atomic mass is 19.4. The molecule has 0 fully saturated rings. The summed E-state index contributed by atoms with van der Waals surface area (Å²) in [5, 5.41) is 9.42. The van der Waals surface area contributed by atoms with Crippen LogP contribution in [0.3, 0.4) is 0 Å². The molecule has 2 aromatic rings. The number of fused-ring (bicyclic) bond motifs is 1. The minimum atomic E-state index is -4.52. The SMILES string of the molecule is COn1c(=O)cc(O)c2cc(C(F)(F)F)ccc21. The van der Waals surface area contributed by atoms with Gasteiger partial charge in [0.1, 0.15) is 12.9 Å². The van der Waals surface area contributed by atoms with E-state index in [0.717, 1.165) is 29.0 Å². The fraction of sp³-hybridized carbons (Fsp3) is 0.182. The van der Waals surface area contributed by atoms with E-state index >= 15 is 0 Å². The highest BCUT2D eigenvalue weighted by Gasteiger charge is 2.31. The Balaban J connectivity index is 2.83. The standard InChI is InChI=1S/C11H8F3NO3/c1-18-15-8-3-2-6(11(12,13)14)4-7(8)9(16)5-10(15)17/h2-5,16H,1H3. The normalized spacial score (nSPS) is 11.8. The molecule has 0 saturated heterocycles. The van der Waals surface area contributed by atoms with Crippen LogP contribution in [0.1, 0.15) is 5.56 Å². The molecule has 4 nitrogen and oxygen atoms in total. The van der Waals surface area contributed by atoms with Gasteiger partial charge in [0.25, 0.3) is 5.56 Å². The smallest absolute Gasteiger partial charge is 0.416 e. The van der Waals surface area contributed by atoms with Gasteiger partial charge in [0, 0.05) is 11.5 Å². The van der Waals surface area contributed by atoms with Crippen molar-refractivity contribution in [3.8, 4) is 5.75 Å². The average Bonchev–Trinajstić information content (AvgIpc) is 2.27. The van der Waals surface area contributed by atoms with Gasteiger partial charge in [-0.3, -0.25) is 4.79 Å². The summed E-state index contributed by atoms with van der Waals surface area (Å²) in [6.07, 6.45) is -4.52. The third-order valence-electron chi connectivity index (χ3n) is 2.46. The van der Waals surface area contributed by atoms with Crippen molar-refractivity contribution in [1.29, 1.82) is 0 Å². The van der Waals surface area contributed by atoms with Gasteiger partial charge in [-0.1, -0.05) is 0 Å². The van der Waals surface area contributed by atoms with Gasteiger partial charge < -0.3 is 9.94 Å². The Morgan fingerprint density at radius 1 is 1.28 bits per heavy atom. The van der Waals surface area contributed by atoms with Gasteiger partial charge in [0.05, 0.1) is 11.1 Å². The molecule has 96 valence electrons. The quantitative estimate of drug-likeness (QED) is 0.849. The molecule has 1 aromatic carbocycles. The first-order valence-corrected chi connectivity index (χ1v) is 4.85. The van der Waals surface area contributed by atoms with Crippen molar-refractivity contribution in [2.75, 3.05) is 7.11 Å². The van der Waals surface area contributed by atoms with E-state index in [1.165, 1.54) is 7.11 Å². The van der Waals surface area contributed by atoms with Crippen LogP contribution in [0.25, 0.3) is 10.9 Å². The van der Waals surface area contributed by atoms with Crippen LogP contribution in [0, 0.1) is 0 Å². The van der Waals surface area contributed by atoms with Gasteiger partial charge in [-0.05, 0) is 18.2 Å². The molecule has 2 rings (SSSR count). The number of pyridine rings is 1. The third-order valence-corrected chi connectivity index (χ3v) is 2.46. The first kappa shape index (κ1) is 12.3. The number of alkyl halides is 3. The molecule has 7 heteroatoms. The number of benzene rings is 1. The number of hydrogen-bond acceptors (Lipinski definition) is 3.